The first-order chi connectivity index (χ1) is 8.91. The van der Waals surface area contributed by atoms with Gasteiger partial charge in [-0.1, -0.05) is 13.8 Å². The van der Waals surface area contributed by atoms with Crippen molar-refractivity contribution in [2.45, 2.75) is 20.3 Å². The first-order valence-corrected chi connectivity index (χ1v) is 7.17. The van der Waals surface area contributed by atoms with E-state index < -0.39 is 11.8 Å². The minimum absolute atomic E-state index is 0.0329. The summed E-state index contributed by atoms with van der Waals surface area (Å²) in [6.07, 6.45) is 1.05. The van der Waals surface area contributed by atoms with Crippen molar-refractivity contribution in [1.29, 1.82) is 0 Å². The Morgan fingerprint density at radius 3 is 2.74 bits per heavy atom. The highest BCUT2D eigenvalue weighted by molar-refractivity contribution is 9.10. The molecule has 0 aliphatic carbocycles. The standard InChI is InChI=1S/C14H17BrFNO2/c1-8(2)9-5-6-17(7-9)11-4-3-10(14(18)19)12(15)13(11)16/h3-4,8-9H,5-7H2,1-2H3,(H,18,19). The third-order valence-corrected chi connectivity index (χ3v) is 4.58. The average Bonchev–Trinajstić information content (AvgIpc) is 2.81. The summed E-state index contributed by atoms with van der Waals surface area (Å²) in [4.78, 5) is 12.9. The van der Waals surface area contributed by atoms with Gasteiger partial charge in [-0.3, -0.25) is 0 Å². The van der Waals surface area contributed by atoms with Gasteiger partial charge in [-0.25, -0.2) is 9.18 Å². The lowest BCUT2D eigenvalue weighted by Crippen LogP contribution is -2.22. The molecule has 0 amide bonds. The van der Waals surface area contributed by atoms with Crippen LogP contribution in [0.1, 0.15) is 30.6 Å². The first-order valence-electron chi connectivity index (χ1n) is 6.38. The second-order valence-corrected chi connectivity index (χ2v) is 6.10. The minimum Gasteiger partial charge on any atom is -0.478 e. The van der Waals surface area contributed by atoms with E-state index in [0.29, 0.717) is 17.5 Å². The molecule has 5 heteroatoms. The summed E-state index contributed by atoms with van der Waals surface area (Å²) in [5.41, 5.74) is 0.445. The van der Waals surface area contributed by atoms with Gasteiger partial charge in [-0.2, -0.15) is 0 Å². The van der Waals surface area contributed by atoms with Crippen LogP contribution in [0.2, 0.25) is 0 Å². The number of anilines is 1. The van der Waals surface area contributed by atoms with Crippen molar-refractivity contribution in [2.24, 2.45) is 11.8 Å². The molecular weight excluding hydrogens is 313 g/mol. The second kappa shape index (κ2) is 5.49. The molecule has 1 atom stereocenters. The molecule has 2 rings (SSSR count). The van der Waals surface area contributed by atoms with Crippen LogP contribution in [0.3, 0.4) is 0 Å². The van der Waals surface area contributed by atoms with Crippen LogP contribution in [0.4, 0.5) is 10.1 Å². The van der Waals surface area contributed by atoms with E-state index in [1.165, 1.54) is 6.07 Å². The molecule has 0 spiro atoms. The Labute approximate surface area is 120 Å². The quantitative estimate of drug-likeness (QED) is 0.917. The van der Waals surface area contributed by atoms with Crippen molar-refractivity contribution < 1.29 is 14.3 Å². The topological polar surface area (TPSA) is 40.5 Å². The van der Waals surface area contributed by atoms with Crippen LogP contribution in [0, 0.1) is 17.7 Å². The highest BCUT2D eigenvalue weighted by Crippen LogP contribution is 2.34. The van der Waals surface area contributed by atoms with Crippen molar-refractivity contribution in [1.82, 2.24) is 0 Å². The van der Waals surface area contributed by atoms with Gasteiger partial charge in [0.05, 0.1) is 15.7 Å². The van der Waals surface area contributed by atoms with Gasteiger partial charge in [0.25, 0.3) is 0 Å². The largest absolute Gasteiger partial charge is 0.478 e. The number of hydrogen-bond donors (Lipinski definition) is 1. The Morgan fingerprint density at radius 1 is 1.53 bits per heavy atom. The zero-order chi connectivity index (χ0) is 14.2. The molecule has 0 radical (unpaired) electrons. The zero-order valence-electron chi connectivity index (χ0n) is 11.0. The summed E-state index contributed by atoms with van der Waals surface area (Å²) in [5, 5.41) is 8.95. The molecular formula is C14H17BrFNO2. The Bertz CT molecular complexity index is 504. The molecule has 1 aromatic rings. The SMILES string of the molecule is CC(C)C1CCN(c2ccc(C(=O)O)c(Br)c2F)C1. The fourth-order valence-electron chi connectivity index (χ4n) is 2.50. The third kappa shape index (κ3) is 2.76. The summed E-state index contributed by atoms with van der Waals surface area (Å²) in [6.45, 7) is 5.99. The van der Waals surface area contributed by atoms with E-state index in [9.17, 15) is 9.18 Å². The second-order valence-electron chi connectivity index (χ2n) is 5.30. The Hall–Kier alpha value is -1.10. The molecule has 1 aliphatic rings. The van der Waals surface area contributed by atoms with E-state index in [4.69, 9.17) is 5.11 Å². The van der Waals surface area contributed by atoms with Crippen molar-refractivity contribution in [3.63, 3.8) is 0 Å². The maximum absolute atomic E-state index is 14.3. The molecule has 1 heterocycles. The molecule has 3 nitrogen and oxygen atoms in total. The number of nitrogens with zero attached hydrogens (tertiary/aromatic N) is 1. The van der Waals surface area contributed by atoms with Gasteiger partial charge < -0.3 is 10.0 Å². The van der Waals surface area contributed by atoms with E-state index in [-0.39, 0.29) is 10.0 Å². The number of aromatic carboxylic acids is 1. The molecule has 1 unspecified atom stereocenters. The van der Waals surface area contributed by atoms with E-state index in [1.807, 2.05) is 4.90 Å². The number of rotatable bonds is 3. The predicted octanol–water partition coefficient (Wildman–Crippen LogP) is 3.77. The normalized spacial score (nSPS) is 19.2. The van der Waals surface area contributed by atoms with Crippen LogP contribution >= 0.6 is 15.9 Å². The Kier molecular flexibility index (Phi) is 4.13. The van der Waals surface area contributed by atoms with Gasteiger partial charge >= 0.3 is 5.97 Å². The summed E-state index contributed by atoms with van der Waals surface area (Å²) in [7, 11) is 0. The smallest absolute Gasteiger partial charge is 0.336 e. The highest BCUT2D eigenvalue weighted by Gasteiger charge is 2.28. The maximum Gasteiger partial charge on any atom is 0.336 e. The van der Waals surface area contributed by atoms with Gasteiger partial charge in [0.2, 0.25) is 0 Å². The molecule has 0 saturated carbocycles. The van der Waals surface area contributed by atoms with Gasteiger partial charge in [-0.15, -0.1) is 0 Å². The lowest BCUT2D eigenvalue weighted by molar-refractivity contribution is 0.0695. The van der Waals surface area contributed by atoms with Crippen LogP contribution in [-0.4, -0.2) is 24.2 Å². The summed E-state index contributed by atoms with van der Waals surface area (Å²) < 4.78 is 14.3. The maximum atomic E-state index is 14.3. The lowest BCUT2D eigenvalue weighted by Gasteiger charge is -2.21. The number of halogens is 2. The van der Waals surface area contributed by atoms with Gasteiger partial charge in [0.15, 0.2) is 5.82 Å². The summed E-state index contributed by atoms with van der Waals surface area (Å²) >= 11 is 3.04. The molecule has 1 aromatic carbocycles. The van der Waals surface area contributed by atoms with Crippen LogP contribution in [0.15, 0.2) is 16.6 Å². The summed E-state index contributed by atoms with van der Waals surface area (Å²) in [6, 6.07) is 3.01. The van der Waals surface area contributed by atoms with Gasteiger partial charge in [0.1, 0.15) is 0 Å². The van der Waals surface area contributed by atoms with Crippen LogP contribution in [-0.2, 0) is 0 Å². The monoisotopic (exact) mass is 329 g/mol. The number of hydrogen-bond acceptors (Lipinski definition) is 2. The first kappa shape index (κ1) is 14.3. The number of benzene rings is 1. The molecule has 104 valence electrons. The molecule has 1 saturated heterocycles. The highest BCUT2D eigenvalue weighted by atomic mass is 79.9. The number of carboxylic acids is 1. The number of carboxylic acid groups (broad SMARTS) is 1. The van der Waals surface area contributed by atoms with Gasteiger partial charge in [-0.05, 0) is 46.3 Å². The van der Waals surface area contributed by atoms with Crippen LogP contribution in [0.25, 0.3) is 0 Å². The van der Waals surface area contributed by atoms with Crippen molar-refractivity contribution in [2.75, 3.05) is 18.0 Å². The lowest BCUT2D eigenvalue weighted by atomic mass is 9.95. The summed E-state index contributed by atoms with van der Waals surface area (Å²) in [5.74, 6) is -0.463. The molecule has 1 aliphatic heterocycles. The third-order valence-electron chi connectivity index (χ3n) is 3.80. The molecule has 1 N–H and O–H groups in total. The number of carbonyl (C=O) groups is 1. The molecule has 0 aromatic heterocycles. The van der Waals surface area contributed by atoms with E-state index in [2.05, 4.69) is 29.8 Å². The predicted molar refractivity (Wildman–Crippen MR) is 76.2 cm³/mol. The van der Waals surface area contributed by atoms with E-state index in [1.54, 1.807) is 6.07 Å². The van der Waals surface area contributed by atoms with Gasteiger partial charge in [0, 0.05) is 13.1 Å². The Morgan fingerprint density at radius 2 is 2.21 bits per heavy atom. The van der Waals surface area contributed by atoms with E-state index >= 15 is 0 Å². The fraction of sp³-hybridized carbons (Fsp3) is 0.500. The fourth-order valence-corrected chi connectivity index (χ4v) is 3.00. The van der Waals surface area contributed by atoms with Crippen molar-refractivity contribution in [3.05, 3.63) is 28.0 Å². The molecule has 19 heavy (non-hydrogen) atoms. The Balaban J connectivity index is 2.28. The van der Waals surface area contributed by atoms with Crippen LogP contribution in [0.5, 0.6) is 0 Å². The zero-order valence-corrected chi connectivity index (χ0v) is 12.6. The van der Waals surface area contributed by atoms with Crippen LogP contribution < -0.4 is 4.90 Å². The average molecular weight is 330 g/mol. The van der Waals surface area contributed by atoms with Crippen molar-refractivity contribution in [3.8, 4) is 0 Å². The van der Waals surface area contributed by atoms with E-state index in [0.717, 1.165) is 19.5 Å². The molecule has 1 fully saturated rings. The van der Waals surface area contributed by atoms with Crippen molar-refractivity contribution >= 4 is 27.6 Å². The molecule has 0 bridgehead atoms. The minimum atomic E-state index is -1.13.